The predicted molar refractivity (Wildman–Crippen MR) is 29.2 cm³/mol. The Hall–Kier alpha value is -0.120. The van der Waals surface area contributed by atoms with Crippen molar-refractivity contribution in [2.24, 2.45) is 5.73 Å². The molecule has 3 nitrogen and oxygen atoms in total. The highest BCUT2D eigenvalue weighted by Crippen LogP contribution is 2.17. The van der Waals surface area contributed by atoms with Crippen molar-refractivity contribution in [3.8, 4) is 0 Å². The number of hydrogen-bond acceptors (Lipinski definition) is 3. The van der Waals surface area contributed by atoms with Crippen LogP contribution in [0.5, 0.6) is 0 Å². The normalized spacial score (nSPS) is 47.6. The van der Waals surface area contributed by atoms with Crippen LogP contribution in [0.3, 0.4) is 0 Å². The van der Waals surface area contributed by atoms with Crippen molar-refractivity contribution in [1.29, 1.82) is 0 Å². The molecule has 3 atom stereocenters. The molecule has 1 rings (SSSR count). The van der Waals surface area contributed by atoms with Gasteiger partial charge in [-0.15, -0.1) is 0 Å². The molecule has 1 aliphatic rings. The molecule has 1 fully saturated rings. The molecule has 0 aromatic rings. The topological polar surface area (TPSA) is 66.5 Å². The van der Waals surface area contributed by atoms with Crippen molar-refractivity contribution < 1.29 is 10.2 Å². The molecule has 0 aromatic heterocycles. The second kappa shape index (κ2) is 2.01. The van der Waals surface area contributed by atoms with Crippen LogP contribution in [0.4, 0.5) is 0 Å². The Kier molecular flexibility index (Phi) is 1.51. The van der Waals surface area contributed by atoms with E-state index < -0.39 is 12.2 Å². The molecule has 0 bridgehead atoms. The summed E-state index contributed by atoms with van der Waals surface area (Å²) in [5, 5.41) is 17.7. The molecule has 1 saturated carbocycles. The SMILES string of the molecule is N[C@H]1CC[C@H](O)[C@@H]1O. The van der Waals surface area contributed by atoms with Crippen LogP contribution in [0, 0.1) is 0 Å². The lowest BCUT2D eigenvalue weighted by Crippen LogP contribution is -2.34. The second-order valence-corrected chi connectivity index (χ2v) is 2.30. The Bertz CT molecular complexity index is 76.5. The van der Waals surface area contributed by atoms with Crippen LogP contribution in [0.2, 0.25) is 0 Å². The van der Waals surface area contributed by atoms with Crippen LogP contribution in [-0.4, -0.2) is 28.5 Å². The molecule has 48 valence electrons. The first-order valence-electron chi connectivity index (χ1n) is 2.83. The summed E-state index contributed by atoms with van der Waals surface area (Å²) >= 11 is 0. The van der Waals surface area contributed by atoms with E-state index in [1.807, 2.05) is 0 Å². The Morgan fingerprint density at radius 1 is 1.25 bits per heavy atom. The summed E-state index contributed by atoms with van der Waals surface area (Å²) in [7, 11) is 0. The highest BCUT2D eigenvalue weighted by Gasteiger charge is 2.29. The lowest BCUT2D eigenvalue weighted by molar-refractivity contribution is 0.0364. The van der Waals surface area contributed by atoms with E-state index in [-0.39, 0.29) is 6.04 Å². The smallest absolute Gasteiger partial charge is 0.0949 e. The van der Waals surface area contributed by atoms with E-state index in [4.69, 9.17) is 15.9 Å². The van der Waals surface area contributed by atoms with Crippen LogP contribution in [0.25, 0.3) is 0 Å². The maximum Gasteiger partial charge on any atom is 0.0949 e. The summed E-state index contributed by atoms with van der Waals surface area (Å²) in [5.74, 6) is 0. The molecule has 0 aromatic carbocycles. The fourth-order valence-corrected chi connectivity index (χ4v) is 0.990. The van der Waals surface area contributed by atoms with E-state index in [0.717, 1.165) is 6.42 Å². The van der Waals surface area contributed by atoms with E-state index in [1.54, 1.807) is 0 Å². The van der Waals surface area contributed by atoms with Gasteiger partial charge in [-0.2, -0.15) is 0 Å². The lowest BCUT2D eigenvalue weighted by Gasteiger charge is -2.09. The van der Waals surface area contributed by atoms with Crippen molar-refractivity contribution in [3.05, 3.63) is 0 Å². The summed E-state index contributed by atoms with van der Waals surface area (Å²) in [5.41, 5.74) is 5.36. The maximum atomic E-state index is 8.89. The molecule has 0 amide bonds. The largest absolute Gasteiger partial charge is 0.390 e. The summed E-state index contributed by atoms with van der Waals surface area (Å²) < 4.78 is 0. The highest BCUT2D eigenvalue weighted by molar-refractivity contribution is 4.86. The summed E-state index contributed by atoms with van der Waals surface area (Å²) in [6, 6.07) is -0.204. The van der Waals surface area contributed by atoms with E-state index in [0.29, 0.717) is 6.42 Å². The molecular formula is C5H11NO2. The van der Waals surface area contributed by atoms with Gasteiger partial charge in [-0.1, -0.05) is 0 Å². The Balaban J connectivity index is 2.44. The van der Waals surface area contributed by atoms with Crippen molar-refractivity contribution in [1.82, 2.24) is 0 Å². The van der Waals surface area contributed by atoms with Gasteiger partial charge in [0.05, 0.1) is 12.2 Å². The van der Waals surface area contributed by atoms with Gasteiger partial charge in [0.25, 0.3) is 0 Å². The Labute approximate surface area is 48.1 Å². The zero-order chi connectivity index (χ0) is 6.15. The quantitative estimate of drug-likeness (QED) is 0.374. The van der Waals surface area contributed by atoms with Gasteiger partial charge < -0.3 is 15.9 Å². The van der Waals surface area contributed by atoms with Gasteiger partial charge in [0.2, 0.25) is 0 Å². The first-order chi connectivity index (χ1) is 3.72. The maximum absolute atomic E-state index is 8.89. The third-order valence-electron chi connectivity index (χ3n) is 1.63. The number of nitrogens with two attached hydrogens (primary N) is 1. The summed E-state index contributed by atoms with van der Waals surface area (Å²) in [6.07, 6.45) is 0.116. The molecule has 0 saturated heterocycles. The van der Waals surface area contributed by atoms with Gasteiger partial charge in [0.1, 0.15) is 0 Å². The van der Waals surface area contributed by atoms with Gasteiger partial charge in [0, 0.05) is 6.04 Å². The van der Waals surface area contributed by atoms with E-state index in [9.17, 15) is 0 Å². The molecule has 0 spiro atoms. The van der Waals surface area contributed by atoms with E-state index in [1.165, 1.54) is 0 Å². The van der Waals surface area contributed by atoms with Crippen molar-refractivity contribution in [2.45, 2.75) is 31.1 Å². The lowest BCUT2D eigenvalue weighted by atomic mass is 10.2. The molecule has 3 heteroatoms. The van der Waals surface area contributed by atoms with Crippen LogP contribution >= 0.6 is 0 Å². The minimum Gasteiger partial charge on any atom is -0.390 e. The monoisotopic (exact) mass is 117 g/mol. The predicted octanol–water partition coefficient (Wildman–Crippen LogP) is -1.17. The van der Waals surface area contributed by atoms with E-state index in [2.05, 4.69) is 0 Å². The number of aliphatic hydroxyl groups excluding tert-OH is 2. The molecule has 0 unspecified atom stereocenters. The van der Waals surface area contributed by atoms with Crippen LogP contribution in [0.1, 0.15) is 12.8 Å². The third kappa shape index (κ3) is 0.844. The third-order valence-corrected chi connectivity index (χ3v) is 1.63. The molecule has 1 aliphatic carbocycles. The molecule has 0 heterocycles. The molecule has 0 radical (unpaired) electrons. The van der Waals surface area contributed by atoms with Gasteiger partial charge >= 0.3 is 0 Å². The standard InChI is InChI=1S/C5H11NO2/c6-3-1-2-4(7)5(3)8/h3-5,7-8H,1-2,6H2/t3-,4-,5+/m0/s1. The highest BCUT2D eigenvalue weighted by atomic mass is 16.3. The van der Waals surface area contributed by atoms with Crippen LogP contribution in [-0.2, 0) is 0 Å². The molecule has 8 heavy (non-hydrogen) atoms. The first-order valence-corrected chi connectivity index (χ1v) is 2.83. The van der Waals surface area contributed by atoms with Crippen molar-refractivity contribution in [2.75, 3.05) is 0 Å². The zero-order valence-electron chi connectivity index (χ0n) is 4.62. The first kappa shape index (κ1) is 6.01. The van der Waals surface area contributed by atoms with Gasteiger partial charge in [-0.3, -0.25) is 0 Å². The summed E-state index contributed by atoms with van der Waals surface area (Å²) in [6.45, 7) is 0. The minimum atomic E-state index is -0.685. The Morgan fingerprint density at radius 2 is 1.88 bits per heavy atom. The Morgan fingerprint density at radius 3 is 2.00 bits per heavy atom. The average molecular weight is 117 g/mol. The molecular weight excluding hydrogens is 106 g/mol. The molecule has 4 N–H and O–H groups in total. The van der Waals surface area contributed by atoms with Gasteiger partial charge in [0.15, 0.2) is 0 Å². The second-order valence-electron chi connectivity index (χ2n) is 2.30. The van der Waals surface area contributed by atoms with Crippen molar-refractivity contribution in [3.63, 3.8) is 0 Å². The fourth-order valence-electron chi connectivity index (χ4n) is 0.990. The number of rotatable bonds is 0. The zero-order valence-corrected chi connectivity index (χ0v) is 4.62. The number of aliphatic hydroxyl groups is 2. The fraction of sp³-hybridized carbons (Fsp3) is 1.00. The van der Waals surface area contributed by atoms with Crippen LogP contribution < -0.4 is 5.73 Å². The van der Waals surface area contributed by atoms with Gasteiger partial charge in [-0.25, -0.2) is 0 Å². The molecule has 0 aliphatic heterocycles. The van der Waals surface area contributed by atoms with Crippen LogP contribution in [0.15, 0.2) is 0 Å². The average Bonchev–Trinajstić information content (AvgIpc) is 1.98. The number of hydrogen-bond donors (Lipinski definition) is 3. The van der Waals surface area contributed by atoms with Gasteiger partial charge in [-0.05, 0) is 12.8 Å². The van der Waals surface area contributed by atoms with Crippen molar-refractivity contribution >= 4 is 0 Å². The summed E-state index contributed by atoms with van der Waals surface area (Å²) in [4.78, 5) is 0. The van der Waals surface area contributed by atoms with E-state index >= 15 is 0 Å². The minimum absolute atomic E-state index is 0.204.